The van der Waals surface area contributed by atoms with E-state index in [9.17, 15) is 4.79 Å². The molecule has 0 aromatic carbocycles. The van der Waals surface area contributed by atoms with Crippen LogP contribution >= 0.6 is 0 Å². The summed E-state index contributed by atoms with van der Waals surface area (Å²) >= 11 is 0.515. The minimum atomic E-state index is 0.515. The molecule has 1 nitrogen and oxygen atoms in total. The number of aldehydes is 1. The van der Waals surface area contributed by atoms with Crippen molar-refractivity contribution in [2.45, 2.75) is 5.82 Å². The Morgan fingerprint density at radius 3 is 2.50 bits per heavy atom. The van der Waals surface area contributed by atoms with Crippen molar-refractivity contribution in [1.29, 1.82) is 0 Å². The number of rotatable bonds is 2. The fourth-order valence-corrected chi connectivity index (χ4v) is 0.575. The van der Waals surface area contributed by atoms with Crippen LogP contribution in [0.2, 0.25) is 5.82 Å². The Morgan fingerprint density at radius 2 is 2.33 bits per heavy atom. The average Bonchev–Trinajstić information content (AvgIpc) is 1.61. The molecule has 0 heterocycles. The van der Waals surface area contributed by atoms with Crippen molar-refractivity contribution in [2.75, 3.05) is 0 Å². The topological polar surface area (TPSA) is 17.1 Å². The van der Waals surface area contributed by atoms with Gasteiger partial charge in [0.1, 0.15) is 0 Å². The van der Waals surface area contributed by atoms with Crippen LogP contribution in [0, 0.1) is 0 Å². The van der Waals surface area contributed by atoms with Crippen LogP contribution in [-0.4, -0.2) is 21.2 Å². The molecular weight excluding hydrogens is 143 g/mol. The summed E-state index contributed by atoms with van der Waals surface area (Å²) in [5, 5.41) is 0. The van der Waals surface area contributed by atoms with Gasteiger partial charge in [0.25, 0.3) is 0 Å². The second-order valence-corrected chi connectivity index (χ2v) is 2.26. The summed E-state index contributed by atoms with van der Waals surface area (Å²) in [6.07, 6.45) is 2.32. The number of carbonyl (C=O) groups is 1. The van der Waals surface area contributed by atoms with Crippen molar-refractivity contribution in [2.24, 2.45) is 0 Å². The van der Waals surface area contributed by atoms with E-state index < -0.39 is 0 Å². The molecule has 0 fully saturated rings. The Kier molecular flexibility index (Phi) is 4.87. The molecule has 0 radical (unpaired) electrons. The van der Waals surface area contributed by atoms with Crippen molar-refractivity contribution in [3.05, 3.63) is 11.1 Å². The van der Waals surface area contributed by atoms with E-state index >= 15 is 0 Å². The molecule has 0 bridgehead atoms. The first kappa shape index (κ1) is 5.93. The molecule has 0 aromatic heterocycles. The molecule has 0 amide bonds. The van der Waals surface area contributed by atoms with Crippen molar-refractivity contribution in [1.82, 2.24) is 0 Å². The fraction of sp³-hybridized carbons (Fsp3) is 0.250. The molecule has 0 rings (SSSR count). The predicted molar refractivity (Wildman–Crippen MR) is 26.8 cm³/mol. The Morgan fingerprint density at radius 1 is 1.67 bits per heavy atom. The molecule has 0 aliphatic rings. The first-order valence-corrected chi connectivity index (χ1v) is 4.25. The minimum absolute atomic E-state index is 0.515. The molecule has 0 saturated carbocycles. The van der Waals surface area contributed by atoms with E-state index in [4.69, 9.17) is 0 Å². The Balaban J connectivity index is 2.94. The third kappa shape index (κ3) is 3.93. The normalized spacial score (nSPS) is 9.50. The van der Waals surface area contributed by atoms with Crippen molar-refractivity contribution in [3.63, 3.8) is 0 Å². The third-order valence-corrected chi connectivity index (χ3v) is 1.19. The molecule has 2 heteroatoms. The van der Waals surface area contributed by atoms with Crippen LogP contribution in [0.15, 0.2) is 11.1 Å². The van der Waals surface area contributed by atoms with E-state index in [0.29, 0.717) is 15.0 Å². The van der Waals surface area contributed by atoms with Crippen LogP contribution in [0.25, 0.3) is 0 Å². The van der Waals surface area contributed by atoms with Crippen LogP contribution in [0.1, 0.15) is 0 Å². The maximum atomic E-state index is 9.49. The molecule has 34 valence electrons. The zero-order valence-electron chi connectivity index (χ0n) is 3.55. The van der Waals surface area contributed by atoms with Crippen molar-refractivity contribution >= 4 is 21.2 Å². The Bertz CT molecular complexity index is 58.6. The molecule has 0 unspecified atom stereocenters. The molecule has 0 saturated heterocycles. The summed E-state index contributed by atoms with van der Waals surface area (Å²) in [4.78, 5) is 11.4. The molecule has 6 heavy (non-hydrogen) atoms. The van der Waals surface area contributed by atoms with E-state index in [1.807, 2.05) is 10.8 Å². The fourth-order valence-electron chi connectivity index (χ4n) is 0.111. The van der Waals surface area contributed by atoms with Crippen LogP contribution in [-0.2, 0) is 4.79 Å². The molecule has 0 N–H and O–H groups in total. The van der Waals surface area contributed by atoms with Crippen LogP contribution in [0.3, 0.4) is 0 Å². The van der Waals surface area contributed by atoms with Crippen molar-refractivity contribution in [3.8, 4) is 0 Å². The Hall–Kier alpha value is -0.0705. The van der Waals surface area contributed by atoms with Gasteiger partial charge in [-0.3, -0.25) is 0 Å². The monoisotopic (exact) mass is 150 g/mol. The molecule has 0 atom stereocenters. The third-order valence-electron chi connectivity index (χ3n) is 0.293. The summed E-state index contributed by atoms with van der Waals surface area (Å²) in [5.41, 5.74) is 0. The number of carbonyl (C=O) groups excluding carboxylic acids is 1. The quantitative estimate of drug-likeness (QED) is 0.316. The van der Waals surface area contributed by atoms with Gasteiger partial charge in [0.2, 0.25) is 0 Å². The average molecular weight is 149 g/mol. The summed E-state index contributed by atoms with van der Waals surface area (Å²) in [6.45, 7) is 0. The van der Waals surface area contributed by atoms with Gasteiger partial charge in [-0.25, -0.2) is 0 Å². The second-order valence-electron chi connectivity index (χ2n) is 0.700. The van der Waals surface area contributed by atoms with Gasteiger partial charge >= 0.3 is 42.9 Å². The first-order valence-electron chi connectivity index (χ1n) is 1.55. The summed E-state index contributed by atoms with van der Waals surface area (Å²) in [5.74, 6) is 2.05. The molecule has 0 aliphatic carbocycles. The van der Waals surface area contributed by atoms with E-state index in [1.165, 1.54) is 6.08 Å². The zero-order chi connectivity index (χ0) is 4.83. The molecular formula is C4H6OSe. The first-order chi connectivity index (χ1) is 2.91. The predicted octanol–water partition coefficient (Wildman–Crippen LogP) is 0.451. The van der Waals surface area contributed by atoms with E-state index in [0.717, 1.165) is 6.29 Å². The van der Waals surface area contributed by atoms with E-state index in [1.54, 1.807) is 0 Å². The van der Waals surface area contributed by atoms with Gasteiger partial charge in [0.05, 0.1) is 0 Å². The summed E-state index contributed by atoms with van der Waals surface area (Å²) in [7, 11) is 0. The number of hydrogen-bond donors (Lipinski definition) is 0. The van der Waals surface area contributed by atoms with Gasteiger partial charge in [-0.15, -0.1) is 0 Å². The van der Waals surface area contributed by atoms with Gasteiger partial charge in [-0.1, -0.05) is 0 Å². The second kappa shape index (κ2) is 4.93. The summed E-state index contributed by atoms with van der Waals surface area (Å²) < 4.78 is 0. The van der Waals surface area contributed by atoms with Crippen LogP contribution in [0.4, 0.5) is 0 Å². The van der Waals surface area contributed by atoms with Gasteiger partial charge < -0.3 is 0 Å². The van der Waals surface area contributed by atoms with E-state index in [-0.39, 0.29) is 0 Å². The summed E-state index contributed by atoms with van der Waals surface area (Å²) in [6, 6.07) is 0. The van der Waals surface area contributed by atoms with E-state index in [2.05, 4.69) is 0 Å². The molecule has 0 aliphatic heterocycles. The number of hydrogen-bond acceptors (Lipinski definition) is 1. The van der Waals surface area contributed by atoms with Gasteiger partial charge in [0.15, 0.2) is 0 Å². The Labute approximate surface area is 43.6 Å². The van der Waals surface area contributed by atoms with Crippen molar-refractivity contribution < 1.29 is 4.79 Å². The van der Waals surface area contributed by atoms with Crippen LogP contribution < -0.4 is 0 Å². The molecule has 0 aromatic rings. The van der Waals surface area contributed by atoms with Gasteiger partial charge in [-0.2, -0.15) is 0 Å². The molecule has 0 spiro atoms. The van der Waals surface area contributed by atoms with Crippen LogP contribution in [0.5, 0.6) is 0 Å². The zero-order valence-corrected chi connectivity index (χ0v) is 5.26. The maximum absolute atomic E-state index is 9.49. The standard InChI is InChI=1S/C4H6OSe/c1-6-4-2-3-5/h2-4H,1H3/b4-2+. The number of allylic oxidation sites excluding steroid dienone is 1. The SMILES string of the molecule is C[Se]/C=C/C=O. The van der Waals surface area contributed by atoms with Gasteiger partial charge in [0, 0.05) is 0 Å². The van der Waals surface area contributed by atoms with Gasteiger partial charge in [-0.05, 0) is 0 Å².